The number of aromatic carboxylic acids is 1. The standard InChI is InChI=1S/C17H15Cl4NO3/c18-10-3-4-13(20)15(9-10)25-6-2-1-5-22-16-12(17(23)24)7-11(19)8-14(16)21/h3-4,7-9,22H,1-2,5-6H2,(H,23,24). The highest BCUT2D eigenvalue weighted by Crippen LogP contribution is 2.30. The maximum absolute atomic E-state index is 11.3. The van der Waals surface area contributed by atoms with E-state index in [1.165, 1.54) is 12.1 Å². The number of ether oxygens (including phenoxy) is 1. The van der Waals surface area contributed by atoms with Gasteiger partial charge in [-0.15, -0.1) is 0 Å². The predicted octanol–water partition coefficient (Wildman–Crippen LogP) is 6.27. The molecular formula is C17H15Cl4NO3. The van der Waals surface area contributed by atoms with Crippen LogP contribution in [-0.2, 0) is 0 Å². The SMILES string of the molecule is O=C(O)c1cc(Cl)cc(Cl)c1NCCCCOc1cc(Cl)ccc1Cl. The highest BCUT2D eigenvalue weighted by Gasteiger charge is 2.14. The van der Waals surface area contributed by atoms with Gasteiger partial charge in [-0.2, -0.15) is 0 Å². The van der Waals surface area contributed by atoms with E-state index < -0.39 is 5.97 Å². The lowest BCUT2D eigenvalue weighted by molar-refractivity contribution is 0.0698. The van der Waals surface area contributed by atoms with Gasteiger partial charge in [0.05, 0.1) is 27.9 Å². The van der Waals surface area contributed by atoms with E-state index in [0.717, 1.165) is 12.8 Å². The second-order valence-electron chi connectivity index (χ2n) is 5.17. The van der Waals surface area contributed by atoms with Crippen molar-refractivity contribution in [2.75, 3.05) is 18.5 Å². The van der Waals surface area contributed by atoms with Crippen molar-refractivity contribution in [2.24, 2.45) is 0 Å². The molecule has 0 amide bonds. The van der Waals surface area contributed by atoms with Gasteiger partial charge in [-0.3, -0.25) is 0 Å². The highest BCUT2D eigenvalue weighted by molar-refractivity contribution is 6.37. The number of hydrogen-bond donors (Lipinski definition) is 2. The maximum atomic E-state index is 11.3. The van der Waals surface area contributed by atoms with E-state index in [9.17, 15) is 9.90 Å². The van der Waals surface area contributed by atoms with Crippen LogP contribution in [0.25, 0.3) is 0 Å². The van der Waals surface area contributed by atoms with Crippen molar-refractivity contribution in [1.82, 2.24) is 0 Å². The fourth-order valence-electron chi connectivity index (χ4n) is 2.13. The number of unbranched alkanes of at least 4 members (excludes halogenated alkanes) is 1. The first-order chi connectivity index (χ1) is 11.9. The van der Waals surface area contributed by atoms with Crippen molar-refractivity contribution < 1.29 is 14.6 Å². The summed E-state index contributed by atoms with van der Waals surface area (Å²) in [6.45, 7) is 0.996. The molecule has 2 N–H and O–H groups in total. The van der Waals surface area contributed by atoms with Crippen LogP contribution in [0.2, 0.25) is 20.1 Å². The van der Waals surface area contributed by atoms with Crippen molar-refractivity contribution in [3.63, 3.8) is 0 Å². The number of anilines is 1. The van der Waals surface area contributed by atoms with Crippen LogP contribution in [0, 0.1) is 0 Å². The zero-order valence-electron chi connectivity index (χ0n) is 13.0. The van der Waals surface area contributed by atoms with Crippen LogP contribution in [0.15, 0.2) is 30.3 Å². The third-order valence-corrected chi connectivity index (χ3v) is 4.37. The lowest BCUT2D eigenvalue weighted by atomic mass is 10.1. The lowest BCUT2D eigenvalue weighted by Crippen LogP contribution is -2.09. The summed E-state index contributed by atoms with van der Waals surface area (Å²) in [6, 6.07) is 7.90. The van der Waals surface area contributed by atoms with Crippen molar-refractivity contribution >= 4 is 58.1 Å². The average molecular weight is 423 g/mol. The van der Waals surface area contributed by atoms with Crippen LogP contribution in [-0.4, -0.2) is 24.2 Å². The van der Waals surface area contributed by atoms with Crippen molar-refractivity contribution in [2.45, 2.75) is 12.8 Å². The molecule has 0 saturated heterocycles. The van der Waals surface area contributed by atoms with Gasteiger partial charge in [0, 0.05) is 22.7 Å². The summed E-state index contributed by atoms with van der Waals surface area (Å²) in [5.41, 5.74) is 0.400. The quantitative estimate of drug-likeness (QED) is 0.492. The Kier molecular flexibility index (Phi) is 7.51. The second kappa shape index (κ2) is 9.39. The number of hydrogen-bond acceptors (Lipinski definition) is 3. The molecule has 25 heavy (non-hydrogen) atoms. The summed E-state index contributed by atoms with van der Waals surface area (Å²) in [4.78, 5) is 11.3. The van der Waals surface area contributed by atoms with Crippen LogP contribution in [0.4, 0.5) is 5.69 Å². The minimum atomic E-state index is -1.09. The number of carboxylic acid groups (broad SMARTS) is 1. The molecule has 0 heterocycles. The molecule has 0 bridgehead atoms. The molecule has 0 aliphatic rings. The van der Waals surface area contributed by atoms with Gasteiger partial charge in [-0.25, -0.2) is 4.79 Å². The maximum Gasteiger partial charge on any atom is 0.337 e. The number of nitrogens with one attached hydrogen (secondary N) is 1. The lowest BCUT2D eigenvalue weighted by Gasteiger charge is -2.12. The van der Waals surface area contributed by atoms with E-state index in [1.54, 1.807) is 18.2 Å². The van der Waals surface area contributed by atoms with Crippen molar-refractivity contribution in [3.05, 3.63) is 56.0 Å². The zero-order chi connectivity index (χ0) is 18.4. The van der Waals surface area contributed by atoms with Crippen LogP contribution in [0.3, 0.4) is 0 Å². The Bertz CT molecular complexity index is 768. The average Bonchev–Trinajstić information content (AvgIpc) is 2.54. The normalized spacial score (nSPS) is 10.6. The molecule has 0 spiro atoms. The summed E-state index contributed by atoms with van der Waals surface area (Å²) in [6.07, 6.45) is 1.49. The van der Waals surface area contributed by atoms with Gasteiger partial charge in [0.25, 0.3) is 0 Å². The van der Waals surface area contributed by atoms with Gasteiger partial charge >= 0.3 is 5.97 Å². The Labute approximate surface area is 165 Å². The fourth-order valence-corrected chi connectivity index (χ4v) is 3.03. The molecule has 0 aromatic heterocycles. The largest absolute Gasteiger partial charge is 0.492 e. The molecule has 2 aromatic rings. The molecular weight excluding hydrogens is 408 g/mol. The molecule has 0 radical (unpaired) electrons. The van der Waals surface area contributed by atoms with Gasteiger partial charge in [-0.05, 0) is 37.1 Å². The first kappa shape index (κ1) is 20.0. The molecule has 0 aliphatic heterocycles. The Morgan fingerprint density at radius 3 is 2.48 bits per heavy atom. The number of halogens is 4. The minimum Gasteiger partial charge on any atom is -0.492 e. The van der Waals surface area contributed by atoms with Crippen molar-refractivity contribution in [1.29, 1.82) is 0 Å². The van der Waals surface area contributed by atoms with E-state index in [-0.39, 0.29) is 15.6 Å². The topological polar surface area (TPSA) is 58.6 Å². The zero-order valence-corrected chi connectivity index (χ0v) is 16.0. The number of rotatable bonds is 8. The van der Waals surface area contributed by atoms with Crippen molar-refractivity contribution in [3.8, 4) is 5.75 Å². The van der Waals surface area contributed by atoms with Gasteiger partial charge in [0.2, 0.25) is 0 Å². The summed E-state index contributed by atoms with van der Waals surface area (Å²) in [5, 5.41) is 13.9. The van der Waals surface area contributed by atoms with Gasteiger partial charge in [0.15, 0.2) is 0 Å². The second-order valence-corrected chi connectivity index (χ2v) is 6.86. The number of carboxylic acids is 1. The van der Waals surface area contributed by atoms with E-state index in [4.69, 9.17) is 51.1 Å². The molecule has 0 atom stereocenters. The Hall–Kier alpha value is -1.33. The molecule has 4 nitrogen and oxygen atoms in total. The van der Waals surface area contributed by atoms with Crippen LogP contribution >= 0.6 is 46.4 Å². The van der Waals surface area contributed by atoms with Crippen LogP contribution in [0.5, 0.6) is 5.75 Å². The fraction of sp³-hybridized carbons (Fsp3) is 0.235. The van der Waals surface area contributed by atoms with Gasteiger partial charge in [0.1, 0.15) is 5.75 Å². The molecule has 0 unspecified atom stereocenters. The summed E-state index contributed by atoms with van der Waals surface area (Å²) < 4.78 is 5.59. The van der Waals surface area contributed by atoms with E-state index in [1.807, 2.05) is 0 Å². The van der Waals surface area contributed by atoms with E-state index >= 15 is 0 Å². The number of benzene rings is 2. The monoisotopic (exact) mass is 421 g/mol. The molecule has 0 saturated carbocycles. The molecule has 0 fully saturated rings. The van der Waals surface area contributed by atoms with Gasteiger partial charge < -0.3 is 15.2 Å². The van der Waals surface area contributed by atoms with E-state index in [2.05, 4.69) is 5.32 Å². The smallest absolute Gasteiger partial charge is 0.337 e. The Balaban J connectivity index is 1.82. The molecule has 2 aromatic carbocycles. The van der Waals surface area contributed by atoms with Crippen LogP contribution < -0.4 is 10.1 Å². The predicted molar refractivity (Wildman–Crippen MR) is 103 cm³/mol. The van der Waals surface area contributed by atoms with Crippen LogP contribution in [0.1, 0.15) is 23.2 Å². The summed E-state index contributed by atoms with van der Waals surface area (Å²) in [7, 11) is 0. The van der Waals surface area contributed by atoms with E-state index in [0.29, 0.717) is 34.6 Å². The molecule has 134 valence electrons. The third-order valence-electron chi connectivity index (χ3n) is 3.31. The summed E-state index contributed by atoms with van der Waals surface area (Å²) in [5.74, 6) is -0.554. The molecule has 8 heteroatoms. The minimum absolute atomic E-state index is 0.0412. The summed E-state index contributed by atoms with van der Waals surface area (Å²) >= 11 is 23.8. The number of carbonyl (C=O) groups is 1. The highest BCUT2D eigenvalue weighted by atomic mass is 35.5. The molecule has 0 aliphatic carbocycles. The first-order valence-corrected chi connectivity index (χ1v) is 8.93. The van der Waals surface area contributed by atoms with Gasteiger partial charge in [-0.1, -0.05) is 46.4 Å². The first-order valence-electron chi connectivity index (χ1n) is 7.42. The molecule has 2 rings (SSSR count). The third kappa shape index (κ3) is 5.86. The Morgan fingerprint density at radius 2 is 1.76 bits per heavy atom. The Morgan fingerprint density at radius 1 is 1.00 bits per heavy atom.